The molecule has 0 aliphatic rings. The van der Waals surface area contributed by atoms with E-state index in [9.17, 15) is 0 Å². The summed E-state index contributed by atoms with van der Waals surface area (Å²) in [7, 11) is 0. The molecule has 13 rings (SSSR count). The highest BCUT2D eigenvalue weighted by molar-refractivity contribution is 5.85. The van der Waals surface area contributed by atoms with Crippen molar-refractivity contribution in [3.63, 3.8) is 0 Å². The minimum absolute atomic E-state index is 0.930. The van der Waals surface area contributed by atoms with E-state index in [0.717, 1.165) is 52.5 Å². The molecule has 2 nitrogen and oxygen atoms in total. The number of rotatable bonds is 16. The third kappa shape index (κ3) is 11.3. The van der Waals surface area contributed by atoms with Crippen LogP contribution in [-0.2, 0) is 12.8 Å². The number of anilines is 6. The summed E-state index contributed by atoms with van der Waals surface area (Å²) in [6.45, 7) is 4.51. The van der Waals surface area contributed by atoms with Crippen LogP contribution in [0.5, 0.6) is 0 Å². The molecule has 13 aromatic carbocycles. The van der Waals surface area contributed by atoms with Crippen LogP contribution < -0.4 is 9.80 Å². The zero-order valence-electron chi connectivity index (χ0n) is 47.5. The molecule has 0 bridgehead atoms. The van der Waals surface area contributed by atoms with E-state index in [4.69, 9.17) is 0 Å². The van der Waals surface area contributed by atoms with Gasteiger partial charge in [-0.1, -0.05) is 269 Å². The van der Waals surface area contributed by atoms with Crippen molar-refractivity contribution in [2.75, 3.05) is 9.80 Å². The van der Waals surface area contributed by atoms with Gasteiger partial charge in [0.15, 0.2) is 0 Å². The van der Waals surface area contributed by atoms with E-state index < -0.39 is 0 Å². The Hall–Kier alpha value is -10.5. The Balaban J connectivity index is 0.778. The number of nitrogens with zero attached hydrogens (tertiary/aromatic N) is 2. The average molecular weight is 1080 g/mol. The Morgan fingerprint density at radius 1 is 0.179 bits per heavy atom. The summed E-state index contributed by atoms with van der Waals surface area (Å²) in [4.78, 5) is 4.77. The molecule has 402 valence electrons. The molecule has 0 unspecified atom stereocenters. The van der Waals surface area contributed by atoms with Crippen molar-refractivity contribution < 1.29 is 0 Å². The number of hydrogen-bond acceptors (Lipinski definition) is 2. The van der Waals surface area contributed by atoms with Gasteiger partial charge in [-0.3, -0.25) is 0 Å². The molecule has 0 aromatic heterocycles. The Morgan fingerprint density at radius 3 is 0.583 bits per heavy atom. The van der Waals surface area contributed by atoms with E-state index in [1.165, 1.54) is 94.6 Å². The molecule has 84 heavy (non-hydrogen) atoms. The molecular weight excluding hydrogens is 1010 g/mol. The van der Waals surface area contributed by atoms with Gasteiger partial charge in [0.25, 0.3) is 0 Å². The average Bonchev–Trinajstić information content (AvgIpc) is 3.77. The van der Waals surface area contributed by atoms with Gasteiger partial charge in [0.05, 0.1) is 0 Å². The molecule has 0 saturated heterocycles. The van der Waals surface area contributed by atoms with Crippen molar-refractivity contribution >= 4 is 34.1 Å². The monoisotopic (exact) mass is 1080 g/mol. The van der Waals surface area contributed by atoms with Gasteiger partial charge in [0, 0.05) is 34.1 Å². The lowest BCUT2D eigenvalue weighted by Crippen LogP contribution is -2.11. The predicted octanol–water partition coefficient (Wildman–Crippen LogP) is 23.1. The summed E-state index contributed by atoms with van der Waals surface area (Å²) in [6.07, 6.45) is 1.86. The summed E-state index contributed by atoms with van der Waals surface area (Å²) in [5, 5.41) is 0. The molecule has 0 aliphatic heterocycles. The lowest BCUT2D eigenvalue weighted by molar-refractivity contribution is 1.12. The van der Waals surface area contributed by atoms with Crippen molar-refractivity contribution in [1.29, 1.82) is 0 Å². The van der Waals surface area contributed by atoms with Crippen LogP contribution in [-0.4, -0.2) is 0 Å². The second kappa shape index (κ2) is 24.3. The highest BCUT2D eigenvalue weighted by Crippen LogP contribution is 2.42. The molecule has 0 atom stereocenters. The molecule has 0 amide bonds. The van der Waals surface area contributed by atoms with Crippen molar-refractivity contribution in [2.24, 2.45) is 0 Å². The summed E-state index contributed by atoms with van der Waals surface area (Å²) in [6, 6.07) is 119. The van der Waals surface area contributed by atoms with Gasteiger partial charge < -0.3 is 9.80 Å². The Morgan fingerprint density at radius 2 is 0.357 bits per heavy atom. The van der Waals surface area contributed by atoms with Gasteiger partial charge in [-0.05, 0) is 186 Å². The first-order chi connectivity index (χ1) is 41.5. The van der Waals surface area contributed by atoms with Crippen LogP contribution in [0.25, 0.3) is 89.0 Å². The first kappa shape index (κ1) is 52.8. The minimum Gasteiger partial charge on any atom is -0.311 e. The van der Waals surface area contributed by atoms with E-state index in [-0.39, 0.29) is 0 Å². The van der Waals surface area contributed by atoms with Crippen LogP contribution >= 0.6 is 0 Å². The van der Waals surface area contributed by atoms with E-state index in [1.54, 1.807) is 0 Å². The molecule has 0 aliphatic carbocycles. The molecule has 0 heterocycles. The van der Waals surface area contributed by atoms with Gasteiger partial charge in [-0.15, -0.1) is 0 Å². The lowest BCUT2D eigenvalue weighted by Gasteiger charge is -2.28. The van der Waals surface area contributed by atoms with Crippen LogP contribution in [0.2, 0.25) is 0 Å². The standard InChI is InChI=1S/C82H64N2/c1-3-59-57-79(53-55-81(59)73-21-13-7-14-22-73)84(80-54-56-82(60(4-2)58-80)74-23-15-8-16-24-74)78-51-43-72(44-52-78)68-35-33-67(34-36-68)71-41-49-77(50-42-71)83(75-45-37-69(38-46-75)65-29-25-63(26-30-65)61-17-9-5-10-18-61)76-47-39-70(40-48-76)66-31-27-64(28-32-66)62-19-11-6-12-20-62/h5-58H,3-4H2,1-2H3. The number of hydrogen-bond donors (Lipinski definition) is 0. The minimum atomic E-state index is 0.930. The molecule has 0 radical (unpaired) electrons. The number of benzene rings is 13. The van der Waals surface area contributed by atoms with E-state index >= 15 is 0 Å². The molecule has 0 saturated carbocycles. The molecule has 2 heteroatoms. The molecule has 0 N–H and O–H groups in total. The Bertz CT molecular complexity index is 4060. The van der Waals surface area contributed by atoms with Crippen LogP contribution in [0.1, 0.15) is 25.0 Å². The summed E-state index contributed by atoms with van der Waals surface area (Å²) in [5.41, 5.74) is 28.6. The topological polar surface area (TPSA) is 6.48 Å². The zero-order valence-corrected chi connectivity index (χ0v) is 47.5. The van der Waals surface area contributed by atoms with Crippen molar-refractivity contribution in [3.8, 4) is 89.0 Å². The Kier molecular flexibility index (Phi) is 15.3. The van der Waals surface area contributed by atoms with E-state index in [1.807, 2.05) is 0 Å². The fourth-order valence-electron chi connectivity index (χ4n) is 11.8. The van der Waals surface area contributed by atoms with Gasteiger partial charge in [0.2, 0.25) is 0 Å². The zero-order chi connectivity index (χ0) is 56.6. The van der Waals surface area contributed by atoms with Gasteiger partial charge in [0.1, 0.15) is 0 Å². The largest absolute Gasteiger partial charge is 0.311 e. The van der Waals surface area contributed by atoms with Crippen LogP contribution in [0, 0.1) is 0 Å². The number of aryl methyl sites for hydroxylation is 2. The highest BCUT2D eigenvalue weighted by Gasteiger charge is 2.19. The molecule has 0 fully saturated rings. The van der Waals surface area contributed by atoms with Crippen LogP contribution in [0.15, 0.2) is 328 Å². The van der Waals surface area contributed by atoms with Crippen molar-refractivity contribution in [3.05, 3.63) is 339 Å². The van der Waals surface area contributed by atoms with Gasteiger partial charge in [-0.25, -0.2) is 0 Å². The van der Waals surface area contributed by atoms with Gasteiger partial charge in [-0.2, -0.15) is 0 Å². The molecule has 0 spiro atoms. The van der Waals surface area contributed by atoms with Gasteiger partial charge >= 0.3 is 0 Å². The maximum Gasteiger partial charge on any atom is 0.0464 e. The fraction of sp³-hybridized carbons (Fsp3) is 0.0488. The van der Waals surface area contributed by atoms with Crippen molar-refractivity contribution in [1.82, 2.24) is 0 Å². The predicted molar refractivity (Wildman–Crippen MR) is 358 cm³/mol. The second-order valence-electron chi connectivity index (χ2n) is 21.4. The quantitative estimate of drug-likeness (QED) is 0.0951. The molecular formula is C82H64N2. The lowest BCUT2D eigenvalue weighted by atomic mass is 9.95. The first-order valence-corrected chi connectivity index (χ1v) is 29.3. The summed E-state index contributed by atoms with van der Waals surface area (Å²) in [5.74, 6) is 0. The molecule has 13 aromatic rings. The SMILES string of the molecule is CCc1cc(N(c2ccc(-c3ccc(-c4ccc(N(c5ccc(-c6ccc(-c7ccccc7)cc6)cc5)c5ccc(-c6ccc(-c7ccccc7)cc6)cc5)cc4)cc3)cc2)c2ccc(-c3ccccc3)c(CC)c2)ccc1-c1ccccc1. The van der Waals surface area contributed by atoms with Crippen molar-refractivity contribution in [2.45, 2.75) is 26.7 Å². The van der Waals surface area contributed by atoms with E-state index in [0.29, 0.717) is 0 Å². The van der Waals surface area contributed by atoms with Crippen LogP contribution in [0.3, 0.4) is 0 Å². The normalized spacial score (nSPS) is 11.1. The van der Waals surface area contributed by atoms with Crippen LogP contribution in [0.4, 0.5) is 34.1 Å². The smallest absolute Gasteiger partial charge is 0.0464 e. The summed E-state index contributed by atoms with van der Waals surface area (Å²) >= 11 is 0. The third-order valence-electron chi connectivity index (χ3n) is 16.3. The Labute approximate surface area is 495 Å². The highest BCUT2D eigenvalue weighted by atomic mass is 15.1. The first-order valence-electron chi connectivity index (χ1n) is 29.3. The maximum atomic E-state index is 2.42. The fourth-order valence-corrected chi connectivity index (χ4v) is 11.8. The summed E-state index contributed by atoms with van der Waals surface area (Å²) < 4.78 is 0. The maximum absolute atomic E-state index is 2.42. The third-order valence-corrected chi connectivity index (χ3v) is 16.3. The van der Waals surface area contributed by atoms with E-state index in [2.05, 4.69) is 351 Å². The second-order valence-corrected chi connectivity index (χ2v) is 21.4.